The van der Waals surface area contributed by atoms with Gasteiger partial charge in [0.25, 0.3) is 0 Å². The molecule has 4 fully saturated rings. The molecule has 0 aliphatic heterocycles. The fourth-order valence-electron chi connectivity index (χ4n) is 6.90. The molecule has 4 aliphatic carbocycles. The van der Waals surface area contributed by atoms with E-state index in [-0.39, 0.29) is 24.0 Å². The van der Waals surface area contributed by atoms with Crippen molar-refractivity contribution in [3.8, 4) is 5.75 Å². The second kappa shape index (κ2) is 9.38. The third-order valence-electron chi connectivity index (χ3n) is 7.96. The van der Waals surface area contributed by atoms with Crippen LogP contribution >= 0.6 is 0 Å². The molecule has 0 N–H and O–H groups in total. The number of ketones is 1. The highest BCUT2D eigenvalue weighted by Gasteiger charge is 2.52. The Labute approximate surface area is 201 Å². The average Bonchev–Trinajstić information content (AvgIpc) is 2.85. The molecule has 6 rings (SSSR count). The van der Waals surface area contributed by atoms with E-state index in [1.165, 1.54) is 51.2 Å². The van der Waals surface area contributed by atoms with Crippen LogP contribution in [0.2, 0.25) is 0 Å². The lowest BCUT2D eigenvalue weighted by Gasteiger charge is -2.57. The maximum Gasteiger partial charge on any atom is 0.337 e. The highest BCUT2D eigenvalue weighted by atomic mass is 16.7. The fourth-order valence-corrected chi connectivity index (χ4v) is 6.90. The summed E-state index contributed by atoms with van der Waals surface area (Å²) in [6, 6.07) is 12.9. The first kappa shape index (κ1) is 22.9. The molecule has 0 saturated heterocycles. The number of carbonyl (C=O) groups excluding carboxylic acids is 2. The van der Waals surface area contributed by atoms with E-state index in [1.807, 2.05) is 12.1 Å². The molecule has 0 atom stereocenters. The van der Waals surface area contributed by atoms with Crippen molar-refractivity contribution in [3.05, 3.63) is 70.8 Å². The van der Waals surface area contributed by atoms with Gasteiger partial charge < -0.3 is 14.2 Å². The Morgan fingerprint density at radius 1 is 0.912 bits per heavy atom. The number of carbonyl (C=O) groups is 2. The van der Waals surface area contributed by atoms with Crippen LogP contribution in [0.1, 0.15) is 70.4 Å². The molecule has 178 valence electrons. The molecule has 0 radical (unpaired) electrons. The number of methoxy groups -OCH3 is 2. The van der Waals surface area contributed by atoms with Crippen molar-refractivity contribution in [1.29, 1.82) is 0 Å². The lowest BCUT2D eigenvalue weighted by molar-refractivity contribution is -0.00884. The lowest BCUT2D eigenvalue weighted by Crippen LogP contribution is -2.48. The van der Waals surface area contributed by atoms with Gasteiger partial charge in [-0.3, -0.25) is 4.79 Å². The maximum atomic E-state index is 13.1. The molecular formula is C29H32O5. The van der Waals surface area contributed by atoms with Crippen molar-refractivity contribution >= 4 is 17.8 Å². The largest absolute Gasteiger partial charge is 0.467 e. The molecule has 34 heavy (non-hydrogen) atoms. The normalized spacial score (nSPS) is 27.2. The van der Waals surface area contributed by atoms with Gasteiger partial charge in [-0.25, -0.2) is 4.79 Å². The Balaban J connectivity index is 1.41. The molecule has 5 nitrogen and oxygen atoms in total. The van der Waals surface area contributed by atoms with Crippen LogP contribution < -0.4 is 4.74 Å². The smallest absolute Gasteiger partial charge is 0.337 e. The molecule has 4 aliphatic rings. The lowest BCUT2D eigenvalue weighted by atomic mass is 9.48. The van der Waals surface area contributed by atoms with Crippen LogP contribution in [0, 0.1) is 17.8 Å². The zero-order chi connectivity index (χ0) is 23.7. The number of benzene rings is 2. The Bertz CT molecular complexity index is 1060. The molecule has 5 heteroatoms. The summed E-state index contributed by atoms with van der Waals surface area (Å²) in [6.45, 7) is 0.203. The first-order valence-corrected chi connectivity index (χ1v) is 12.2. The van der Waals surface area contributed by atoms with Gasteiger partial charge in [0.1, 0.15) is 5.75 Å². The van der Waals surface area contributed by atoms with Crippen LogP contribution in [0.4, 0.5) is 0 Å². The predicted octanol–water partition coefficient (Wildman–Crippen LogP) is 5.82. The molecule has 0 aromatic heterocycles. The van der Waals surface area contributed by atoms with Gasteiger partial charge in [0.2, 0.25) is 0 Å². The molecule has 0 spiro atoms. The average molecular weight is 461 g/mol. The van der Waals surface area contributed by atoms with E-state index >= 15 is 0 Å². The maximum absolute atomic E-state index is 13.1. The first-order valence-electron chi connectivity index (χ1n) is 12.2. The molecule has 0 unspecified atom stereocenters. The van der Waals surface area contributed by atoms with E-state index in [4.69, 9.17) is 14.2 Å². The third kappa shape index (κ3) is 4.41. The van der Waals surface area contributed by atoms with Crippen LogP contribution in [-0.2, 0) is 14.9 Å². The van der Waals surface area contributed by atoms with Crippen LogP contribution in [-0.4, -0.2) is 32.8 Å². The van der Waals surface area contributed by atoms with Crippen LogP contribution in [0.5, 0.6) is 5.75 Å². The number of rotatable bonds is 8. The first-order chi connectivity index (χ1) is 16.5. The molecule has 4 bridgehead atoms. The summed E-state index contributed by atoms with van der Waals surface area (Å²) in [5.41, 5.74) is 3.31. The Morgan fingerprint density at radius 3 is 2.12 bits per heavy atom. The predicted molar refractivity (Wildman–Crippen MR) is 130 cm³/mol. The van der Waals surface area contributed by atoms with E-state index in [2.05, 4.69) is 6.07 Å². The highest BCUT2D eigenvalue weighted by Crippen LogP contribution is 2.62. The van der Waals surface area contributed by atoms with Gasteiger partial charge in [-0.2, -0.15) is 0 Å². The second-order valence-electron chi connectivity index (χ2n) is 10.3. The Morgan fingerprint density at radius 2 is 1.53 bits per heavy atom. The number of esters is 1. The van der Waals surface area contributed by atoms with E-state index < -0.39 is 0 Å². The third-order valence-corrected chi connectivity index (χ3v) is 7.96. The summed E-state index contributed by atoms with van der Waals surface area (Å²) in [5.74, 6) is 2.83. The summed E-state index contributed by atoms with van der Waals surface area (Å²) < 4.78 is 15.9. The Kier molecular flexibility index (Phi) is 6.30. The van der Waals surface area contributed by atoms with Gasteiger partial charge in [0.05, 0.1) is 12.7 Å². The summed E-state index contributed by atoms with van der Waals surface area (Å²) in [4.78, 5) is 24.7. The van der Waals surface area contributed by atoms with Crippen molar-refractivity contribution in [2.45, 2.75) is 43.9 Å². The number of allylic oxidation sites excluding steroid dienone is 1. The van der Waals surface area contributed by atoms with Crippen LogP contribution in [0.3, 0.4) is 0 Å². The Hall–Kier alpha value is -2.92. The van der Waals surface area contributed by atoms with Gasteiger partial charge >= 0.3 is 5.97 Å². The monoisotopic (exact) mass is 460 g/mol. The zero-order valence-electron chi connectivity index (χ0n) is 19.9. The van der Waals surface area contributed by atoms with Gasteiger partial charge in [-0.15, -0.1) is 0 Å². The van der Waals surface area contributed by atoms with Crippen LogP contribution in [0.15, 0.2) is 48.5 Å². The number of hydrogen-bond donors (Lipinski definition) is 0. The van der Waals surface area contributed by atoms with E-state index in [0.717, 1.165) is 29.1 Å². The van der Waals surface area contributed by atoms with Crippen molar-refractivity contribution < 1.29 is 23.8 Å². The standard InChI is InChI=1S/C29H32O5/c1-32-18-34-27-10-8-24(26(30)9-5-19-3-6-23(7-4-19)28(31)33-2)14-25(27)29-15-20-11-21(16-29)13-22(12-20)17-29/h3-10,14,20-22H,11-13,15-18H2,1-2H3/b9-5+. The van der Waals surface area contributed by atoms with Crippen molar-refractivity contribution in [3.63, 3.8) is 0 Å². The van der Waals surface area contributed by atoms with Crippen LogP contribution in [0.25, 0.3) is 6.08 Å². The number of ether oxygens (including phenoxy) is 3. The molecule has 2 aromatic carbocycles. The molecule has 0 heterocycles. The quantitative estimate of drug-likeness (QED) is 0.215. The highest BCUT2D eigenvalue weighted by molar-refractivity contribution is 6.07. The minimum Gasteiger partial charge on any atom is -0.467 e. The minimum absolute atomic E-state index is 0.0404. The van der Waals surface area contributed by atoms with Crippen molar-refractivity contribution in [2.75, 3.05) is 21.0 Å². The van der Waals surface area contributed by atoms with Crippen molar-refractivity contribution in [2.24, 2.45) is 17.8 Å². The van der Waals surface area contributed by atoms with E-state index in [1.54, 1.807) is 43.5 Å². The van der Waals surface area contributed by atoms with Gasteiger partial charge in [-0.1, -0.05) is 18.2 Å². The van der Waals surface area contributed by atoms with E-state index in [9.17, 15) is 9.59 Å². The SMILES string of the molecule is COCOc1ccc(C(=O)/C=C/c2ccc(C(=O)OC)cc2)cc1C12CC3CC(CC(C3)C1)C2. The summed E-state index contributed by atoms with van der Waals surface area (Å²) in [5, 5.41) is 0. The van der Waals surface area contributed by atoms with Gasteiger partial charge in [-0.05, 0) is 104 Å². The topological polar surface area (TPSA) is 61.8 Å². The van der Waals surface area contributed by atoms with E-state index in [0.29, 0.717) is 11.1 Å². The summed E-state index contributed by atoms with van der Waals surface area (Å²) in [6.07, 6.45) is 11.1. The molecule has 2 aromatic rings. The van der Waals surface area contributed by atoms with Gasteiger partial charge in [0.15, 0.2) is 12.6 Å². The fraction of sp³-hybridized carbons (Fsp3) is 0.448. The second-order valence-corrected chi connectivity index (χ2v) is 10.3. The molecule has 0 amide bonds. The van der Waals surface area contributed by atoms with Crippen molar-refractivity contribution in [1.82, 2.24) is 0 Å². The number of hydrogen-bond acceptors (Lipinski definition) is 5. The summed E-state index contributed by atoms with van der Waals surface area (Å²) >= 11 is 0. The molecule has 4 saturated carbocycles. The minimum atomic E-state index is -0.375. The zero-order valence-corrected chi connectivity index (χ0v) is 19.9. The van der Waals surface area contributed by atoms with Gasteiger partial charge in [0, 0.05) is 18.2 Å². The summed E-state index contributed by atoms with van der Waals surface area (Å²) in [7, 11) is 2.99. The molecular weight excluding hydrogens is 428 g/mol.